The van der Waals surface area contributed by atoms with Gasteiger partial charge in [-0.05, 0) is 55.3 Å². The molecule has 0 saturated carbocycles. The second kappa shape index (κ2) is 14.9. The van der Waals surface area contributed by atoms with Gasteiger partial charge in [0.1, 0.15) is 35.7 Å². The Bertz CT molecular complexity index is 2530. The summed E-state index contributed by atoms with van der Waals surface area (Å²) < 4.78 is 53.5. The number of benzene rings is 3. The molecule has 9 rings (SSSR count). The van der Waals surface area contributed by atoms with Crippen LogP contribution in [0.1, 0.15) is 40.8 Å². The number of carbonyl (C=O) groups excluding carboxylic acids is 1. The largest absolute Gasteiger partial charge is 0.416 e. The average Bonchev–Trinajstić information content (AvgIpc) is 4.03. The lowest BCUT2D eigenvalue weighted by Crippen LogP contribution is -2.13. The summed E-state index contributed by atoms with van der Waals surface area (Å²) in [5.74, 6) is 0.0848. The highest BCUT2D eigenvalue weighted by atomic mass is 19.4. The molecule has 6 heterocycles. The van der Waals surface area contributed by atoms with E-state index in [4.69, 9.17) is 36.9 Å². The van der Waals surface area contributed by atoms with Crippen LogP contribution in [0, 0.1) is 0 Å². The summed E-state index contributed by atoms with van der Waals surface area (Å²) in [6, 6.07) is 18.8. The number of amides is 1. The third-order valence-corrected chi connectivity index (χ3v) is 9.59. The molecule has 2 aliphatic heterocycles. The lowest BCUT2D eigenvalue weighted by molar-refractivity contribution is -0.137. The minimum atomic E-state index is -4.53. The van der Waals surface area contributed by atoms with Crippen LogP contribution in [0.15, 0.2) is 85.5 Å². The van der Waals surface area contributed by atoms with Gasteiger partial charge in [0.05, 0.1) is 41.6 Å². The molecule has 7 N–H and O–H groups in total. The van der Waals surface area contributed by atoms with Crippen molar-refractivity contribution in [3.8, 4) is 22.5 Å². The fourth-order valence-corrected chi connectivity index (χ4v) is 6.73. The zero-order valence-electron chi connectivity index (χ0n) is 29.6. The molecule has 15 nitrogen and oxygen atoms in total. The minimum absolute atomic E-state index is 0.0385. The van der Waals surface area contributed by atoms with Crippen molar-refractivity contribution in [2.24, 2.45) is 0 Å². The lowest BCUT2D eigenvalue weighted by atomic mass is 10.1. The number of fused-ring (bicyclic) bond motifs is 2. The van der Waals surface area contributed by atoms with Crippen LogP contribution >= 0.6 is 0 Å². The molecular formula is C38H35F3N12O3. The quantitative estimate of drug-likeness (QED) is 0.145. The van der Waals surface area contributed by atoms with Gasteiger partial charge in [-0.25, -0.2) is 29.3 Å². The predicted molar refractivity (Wildman–Crippen MR) is 203 cm³/mol. The number of nitrogen functional groups attached to an aromatic ring is 3. The Hall–Kier alpha value is -6.66. The van der Waals surface area contributed by atoms with Gasteiger partial charge in [0.25, 0.3) is 5.91 Å². The van der Waals surface area contributed by atoms with E-state index >= 15 is 0 Å². The standard InChI is InChI=1S/C23H19F3N6O2.C15H16N6O/c24-23(25,26)15-3-1-2-14(10-15)22(33)30-16-6-4-13(5-7-16)19-18-20(27)28-12-29-21(18)32(31-19)17-8-9-34-11-17;16-10-3-1-9(2-4-10)13-12-14(17)18-8-19-15(12)21(20-13)11-5-6-22-7-11/h1-7,10,12,17H,8-9,11H2,(H,30,33)(H2,27,28,29);1-4,8,11H,5-7,16H2,(H2,17,18,19)/t17-;11-/m11/s1. The maximum absolute atomic E-state index is 12.9. The van der Waals surface area contributed by atoms with Crippen molar-refractivity contribution < 1.29 is 27.4 Å². The van der Waals surface area contributed by atoms with Crippen molar-refractivity contribution >= 4 is 51.0 Å². The van der Waals surface area contributed by atoms with E-state index in [1.165, 1.54) is 24.8 Å². The second-order valence-electron chi connectivity index (χ2n) is 13.3. The van der Waals surface area contributed by atoms with E-state index in [0.29, 0.717) is 59.6 Å². The van der Waals surface area contributed by atoms with Crippen LogP contribution in [0.3, 0.4) is 0 Å². The number of nitrogens with two attached hydrogens (primary N) is 3. The molecule has 0 unspecified atom stereocenters. The van der Waals surface area contributed by atoms with Gasteiger partial charge in [-0.3, -0.25) is 4.79 Å². The summed E-state index contributed by atoms with van der Waals surface area (Å²) in [4.78, 5) is 29.4. The summed E-state index contributed by atoms with van der Waals surface area (Å²) in [5, 5.41) is 13.5. The molecule has 56 heavy (non-hydrogen) atoms. The molecule has 2 saturated heterocycles. The topological polar surface area (TPSA) is 213 Å². The number of aromatic nitrogens is 8. The summed E-state index contributed by atoms with van der Waals surface area (Å²) >= 11 is 0. The van der Waals surface area contributed by atoms with Gasteiger partial charge >= 0.3 is 6.18 Å². The van der Waals surface area contributed by atoms with Gasteiger partial charge in [0, 0.05) is 41.3 Å². The molecule has 2 atom stereocenters. The molecule has 7 aromatic rings. The number of ether oxygens (including phenoxy) is 2. The molecule has 0 radical (unpaired) electrons. The van der Waals surface area contributed by atoms with Crippen molar-refractivity contribution in [1.82, 2.24) is 39.5 Å². The normalized spacial score (nSPS) is 16.9. The van der Waals surface area contributed by atoms with Gasteiger partial charge in [-0.1, -0.05) is 30.3 Å². The van der Waals surface area contributed by atoms with Crippen molar-refractivity contribution in [1.29, 1.82) is 0 Å². The Kier molecular flexibility index (Phi) is 9.65. The highest BCUT2D eigenvalue weighted by Gasteiger charge is 2.31. The number of rotatable bonds is 6. The number of nitrogens with one attached hydrogen (secondary N) is 1. The minimum Gasteiger partial charge on any atom is -0.399 e. The molecule has 18 heteroatoms. The van der Waals surface area contributed by atoms with E-state index in [0.717, 1.165) is 59.4 Å². The molecule has 1 amide bonds. The molecule has 2 fully saturated rings. The second-order valence-corrected chi connectivity index (χ2v) is 13.3. The van der Waals surface area contributed by atoms with Crippen molar-refractivity contribution in [3.05, 3.63) is 96.6 Å². The van der Waals surface area contributed by atoms with Crippen LogP contribution in [0.4, 0.5) is 36.2 Å². The van der Waals surface area contributed by atoms with E-state index in [2.05, 4.69) is 25.3 Å². The van der Waals surface area contributed by atoms with Crippen molar-refractivity contribution in [3.63, 3.8) is 0 Å². The van der Waals surface area contributed by atoms with Crippen LogP contribution < -0.4 is 22.5 Å². The molecule has 0 bridgehead atoms. The van der Waals surface area contributed by atoms with Crippen LogP contribution in [-0.2, 0) is 15.7 Å². The first-order chi connectivity index (χ1) is 27.0. The first-order valence-electron chi connectivity index (χ1n) is 17.6. The first-order valence-corrected chi connectivity index (χ1v) is 17.6. The lowest BCUT2D eigenvalue weighted by Gasteiger charge is -2.10. The van der Waals surface area contributed by atoms with E-state index in [9.17, 15) is 18.0 Å². The Morgan fingerprint density at radius 2 is 1.23 bits per heavy atom. The molecule has 4 aromatic heterocycles. The summed E-state index contributed by atoms with van der Waals surface area (Å²) in [6.45, 7) is 2.55. The van der Waals surface area contributed by atoms with Crippen LogP contribution in [0.5, 0.6) is 0 Å². The Balaban J connectivity index is 0.000000172. The molecule has 3 aromatic carbocycles. The number of halogens is 3. The molecular weight excluding hydrogens is 729 g/mol. The third-order valence-electron chi connectivity index (χ3n) is 9.59. The Morgan fingerprint density at radius 3 is 1.71 bits per heavy atom. The van der Waals surface area contributed by atoms with Gasteiger partial charge in [-0.2, -0.15) is 23.4 Å². The van der Waals surface area contributed by atoms with Crippen molar-refractivity contribution in [2.45, 2.75) is 31.1 Å². The first kappa shape index (κ1) is 36.3. The Morgan fingerprint density at radius 1 is 0.714 bits per heavy atom. The predicted octanol–water partition coefficient (Wildman–Crippen LogP) is 5.93. The van der Waals surface area contributed by atoms with Crippen LogP contribution in [-0.4, -0.2) is 71.8 Å². The average molecular weight is 765 g/mol. The van der Waals surface area contributed by atoms with E-state index < -0.39 is 17.6 Å². The third kappa shape index (κ3) is 7.14. The SMILES string of the molecule is Nc1ccc(-c2nn([C@@H]3CCOC3)c3ncnc(N)c23)cc1.Nc1ncnc2c1c(-c1ccc(NC(=O)c3cccc(C(F)(F)F)c3)cc1)nn2[C@@H]1CCOC1. The maximum Gasteiger partial charge on any atom is 0.416 e. The highest BCUT2D eigenvalue weighted by Crippen LogP contribution is 2.36. The monoisotopic (exact) mass is 764 g/mol. The Labute approximate surface area is 316 Å². The van der Waals surface area contributed by atoms with Crippen LogP contribution in [0.25, 0.3) is 44.6 Å². The van der Waals surface area contributed by atoms with E-state index in [1.54, 1.807) is 28.9 Å². The molecule has 0 aliphatic carbocycles. The van der Waals surface area contributed by atoms with Gasteiger partial charge in [0.2, 0.25) is 0 Å². The molecule has 0 spiro atoms. The van der Waals surface area contributed by atoms with Gasteiger partial charge < -0.3 is 32.0 Å². The number of carbonyl (C=O) groups is 1. The summed E-state index contributed by atoms with van der Waals surface area (Å²) in [7, 11) is 0. The van der Waals surface area contributed by atoms with Crippen LogP contribution in [0.2, 0.25) is 0 Å². The number of alkyl halides is 3. The summed E-state index contributed by atoms with van der Waals surface area (Å²) in [6.07, 6.45) is 0.0586. The smallest absolute Gasteiger partial charge is 0.399 e. The number of nitrogens with zero attached hydrogens (tertiary/aromatic N) is 8. The zero-order valence-corrected chi connectivity index (χ0v) is 29.6. The molecule has 286 valence electrons. The number of hydrogen-bond donors (Lipinski definition) is 4. The van der Waals surface area contributed by atoms with Crippen molar-refractivity contribution in [2.75, 3.05) is 48.9 Å². The highest BCUT2D eigenvalue weighted by molar-refractivity contribution is 6.05. The summed E-state index contributed by atoms with van der Waals surface area (Å²) in [5.41, 5.74) is 22.5. The maximum atomic E-state index is 12.9. The van der Waals surface area contributed by atoms with Gasteiger partial charge in [0.15, 0.2) is 11.3 Å². The van der Waals surface area contributed by atoms with Gasteiger partial charge in [-0.15, -0.1) is 0 Å². The zero-order chi connectivity index (χ0) is 39.0. The van der Waals surface area contributed by atoms with E-state index in [1.807, 2.05) is 28.9 Å². The number of anilines is 4. The fraction of sp³-hybridized carbons (Fsp3) is 0.237. The number of hydrogen-bond acceptors (Lipinski definition) is 12. The molecule has 2 aliphatic rings. The van der Waals surface area contributed by atoms with E-state index in [-0.39, 0.29) is 17.6 Å². The fourth-order valence-electron chi connectivity index (χ4n) is 6.73.